The Morgan fingerprint density at radius 3 is 2.32 bits per heavy atom. The number of piperidine rings is 1. The Labute approximate surface area is 178 Å². The van der Waals surface area contributed by atoms with Gasteiger partial charge in [0.15, 0.2) is 0 Å². The summed E-state index contributed by atoms with van der Waals surface area (Å²) in [5.74, 6) is -0.237. The largest absolute Gasteiger partial charge is 0.416 e. The monoisotopic (exact) mass is 435 g/mol. The summed E-state index contributed by atoms with van der Waals surface area (Å²) in [7, 11) is 1.76. The van der Waals surface area contributed by atoms with Crippen molar-refractivity contribution < 1.29 is 22.9 Å². The van der Waals surface area contributed by atoms with E-state index < -0.39 is 22.4 Å². The molecule has 0 aromatic heterocycles. The van der Waals surface area contributed by atoms with Gasteiger partial charge in [-0.05, 0) is 37.5 Å². The standard InChI is InChI=1S/C22H24F3N3O3/c1-15(16-6-4-3-5-7-16)26(2)21(29)17-10-12-27(13-11-17)19-9-8-18(22(23,24)25)14-20(19)28(30)31/h3-9,14-15,17H,10-13H2,1-2H3/t15-/m1/s1. The van der Waals surface area contributed by atoms with Gasteiger partial charge in [0.05, 0.1) is 16.5 Å². The van der Waals surface area contributed by atoms with Crippen molar-refractivity contribution in [3.63, 3.8) is 0 Å². The van der Waals surface area contributed by atoms with Gasteiger partial charge < -0.3 is 9.80 Å². The first-order valence-corrected chi connectivity index (χ1v) is 10.0. The molecule has 1 aliphatic rings. The van der Waals surface area contributed by atoms with E-state index in [9.17, 15) is 28.1 Å². The molecule has 0 N–H and O–H groups in total. The van der Waals surface area contributed by atoms with Crippen molar-refractivity contribution in [2.75, 3.05) is 25.0 Å². The van der Waals surface area contributed by atoms with Crippen LogP contribution in [0.2, 0.25) is 0 Å². The minimum Gasteiger partial charge on any atom is -0.366 e. The van der Waals surface area contributed by atoms with E-state index in [1.165, 1.54) is 0 Å². The SMILES string of the molecule is C[C@H](c1ccccc1)N(C)C(=O)C1CCN(c2ccc(C(F)(F)F)cc2[N+](=O)[O-])CC1. The molecule has 1 atom stereocenters. The third kappa shape index (κ3) is 4.98. The lowest BCUT2D eigenvalue weighted by Crippen LogP contribution is -2.42. The number of nitro groups is 1. The van der Waals surface area contributed by atoms with Crippen molar-refractivity contribution in [2.24, 2.45) is 5.92 Å². The summed E-state index contributed by atoms with van der Waals surface area (Å²) < 4.78 is 38.8. The van der Waals surface area contributed by atoms with E-state index in [4.69, 9.17) is 0 Å². The molecule has 2 aromatic carbocycles. The molecule has 166 valence electrons. The number of benzene rings is 2. The zero-order valence-corrected chi connectivity index (χ0v) is 17.3. The molecule has 0 bridgehead atoms. The summed E-state index contributed by atoms with van der Waals surface area (Å²) in [4.78, 5) is 26.9. The second-order valence-electron chi connectivity index (χ2n) is 7.76. The fourth-order valence-corrected chi connectivity index (χ4v) is 3.91. The van der Waals surface area contributed by atoms with Crippen LogP contribution >= 0.6 is 0 Å². The summed E-state index contributed by atoms with van der Waals surface area (Å²) in [6.07, 6.45) is -3.70. The third-order valence-electron chi connectivity index (χ3n) is 5.89. The fourth-order valence-electron chi connectivity index (χ4n) is 3.91. The first-order chi connectivity index (χ1) is 14.6. The average Bonchev–Trinajstić information content (AvgIpc) is 2.77. The molecule has 31 heavy (non-hydrogen) atoms. The van der Waals surface area contributed by atoms with Crippen LogP contribution in [0.15, 0.2) is 48.5 Å². The molecule has 1 heterocycles. The maximum absolute atomic E-state index is 13.0. The number of amides is 1. The number of carbonyl (C=O) groups is 1. The molecule has 0 unspecified atom stereocenters. The summed E-state index contributed by atoms with van der Waals surface area (Å²) in [6.45, 7) is 2.67. The lowest BCUT2D eigenvalue weighted by atomic mass is 9.93. The summed E-state index contributed by atoms with van der Waals surface area (Å²) in [5.41, 5.74) is -0.454. The molecule has 1 fully saturated rings. The van der Waals surface area contributed by atoms with Gasteiger partial charge in [-0.25, -0.2) is 0 Å². The van der Waals surface area contributed by atoms with Crippen molar-refractivity contribution in [3.8, 4) is 0 Å². The van der Waals surface area contributed by atoms with Crippen LogP contribution in [0, 0.1) is 16.0 Å². The van der Waals surface area contributed by atoms with Gasteiger partial charge in [0.2, 0.25) is 5.91 Å². The van der Waals surface area contributed by atoms with E-state index in [1.54, 1.807) is 16.8 Å². The molecule has 1 aliphatic heterocycles. The minimum atomic E-state index is -4.65. The molecule has 9 heteroatoms. The zero-order chi connectivity index (χ0) is 22.8. The van der Waals surface area contributed by atoms with Gasteiger partial charge in [0.25, 0.3) is 5.69 Å². The molecule has 0 saturated carbocycles. The van der Waals surface area contributed by atoms with Crippen LogP contribution < -0.4 is 4.90 Å². The second-order valence-corrected chi connectivity index (χ2v) is 7.76. The van der Waals surface area contributed by atoms with E-state index in [0.29, 0.717) is 32.0 Å². The van der Waals surface area contributed by atoms with Crippen LogP contribution in [0.5, 0.6) is 0 Å². The Morgan fingerprint density at radius 2 is 1.77 bits per heavy atom. The predicted molar refractivity (Wildman–Crippen MR) is 111 cm³/mol. The third-order valence-corrected chi connectivity index (χ3v) is 5.89. The van der Waals surface area contributed by atoms with Gasteiger partial charge in [-0.1, -0.05) is 30.3 Å². The van der Waals surface area contributed by atoms with Crippen molar-refractivity contribution in [1.29, 1.82) is 0 Å². The van der Waals surface area contributed by atoms with Crippen LogP contribution in [0.3, 0.4) is 0 Å². The fraction of sp³-hybridized carbons (Fsp3) is 0.409. The number of nitrogens with zero attached hydrogens (tertiary/aromatic N) is 3. The Bertz CT molecular complexity index is 942. The maximum atomic E-state index is 13.0. The van der Waals surface area contributed by atoms with Crippen LogP contribution in [-0.2, 0) is 11.0 Å². The van der Waals surface area contributed by atoms with Crippen molar-refractivity contribution in [1.82, 2.24) is 4.90 Å². The number of nitro benzene ring substituents is 1. The highest BCUT2D eigenvalue weighted by molar-refractivity contribution is 5.79. The van der Waals surface area contributed by atoms with Gasteiger partial charge in [0, 0.05) is 32.1 Å². The number of rotatable bonds is 5. The summed E-state index contributed by atoms with van der Waals surface area (Å²) in [6, 6.07) is 12.1. The average molecular weight is 435 g/mol. The Kier molecular flexibility index (Phi) is 6.52. The molecule has 3 rings (SSSR count). The summed E-state index contributed by atoms with van der Waals surface area (Å²) >= 11 is 0. The van der Waals surface area contributed by atoms with Crippen molar-refractivity contribution in [2.45, 2.75) is 32.0 Å². The predicted octanol–water partition coefficient (Wildman–Crippen LogP) is 5.05. The molecular formula is C22H24F3N3O3. The molecule has 0 aliphatic carbocycles. The number of hydrogen-bond donors (Lipinski definition) is 0. The van der Waals surface area contributed by atoms with E-state index >= 15 is 0 Å². The van der Waals surface area contributed by atoms with Crippen LogP contribution in [0.4, 0.5) is 24.5 Å². The number of hydrogen-bond acceptors (Lipinski definition) is 4. The number of alkyl halides is 3. The number of carbonyl (C=O) groups excluding carboxylic acids is 1. The van der Waals surface area contributed by atoms with Gasteiger partial charge in [-0.3, -0.25) is 14.9 Å². The molecule has 0 radical (unpaired) electrons. The first kappa shape index (κ1) is 22.6. The van der Waals surface area contributed by atoms with Gasteiger partial charge in [-0.15, -0.1) is 0 Å². The Hall–Kier alpha value is -3.10. The van der Waals surface area contributed by atoms with Gasteiger partial charge in [0.1, 0.15) is 5.69 Å². The van der Waals surface area contributed by atoms with Gasteiger partial charge in [-0.2, -0.15) is 13.2 Å². The van der Waals surface area contributed by atoms with Crippen LogP contribution in [0.25, 0.3) is 0 Å². The second kappa shape index (κ2) is 8.95. The molecular weight excluding hydrogens is 411 g/mol. The minimum absolute atomic E-state index is 0.00192. The van der Waals surface area contributed by atoms with E-state index in [1.807, 2.05) is 37.3 Å². The quantitative estimate of drug-likeness (QED) is 0.487. The van der Waals surface area contributed by atoms with E-state index in [0.717, 1.165) is 17.7 Å². The lowest BCUT2D eigenvalue weighted by molar-refractivity contribution is -0.384. The lowest BCUT2D eigenvalue weighted by Gasteiger charge is -2.36. The highest BCUT2D eigenvalue weighted by Gasteiger charge is 2.35. The van der Waals surface area contributed by atoms with Crippen molar-refractivity contribution in [3.05, 3.63) is 69.8 Å². The Balaban J connectivity index is 1.69. The Morgan fingerprint density at radius 1 is 1.16 bits per heavy atom. The van der Waals surface area contributed by atoms with Crippen LogP contribution in [0.1, 0.15) is 36.9 Å². The van der Waals surface area contributed by atoms with E-state index in [2.05, 4.69) is 0 Å². The molecule has 6 nitrogen and oxygen atoms in total. The molecule has 2 aromatic rings. The van der Waals surface area contributed by atoms with Crippen LogP contribution in [-0.4, -0.2) is 35.9 Å². The highest BCUT2D eigenvalue weighted by Crippen LogP contribution is 2.38. The summed E-state index contributed by atoms with van der Waals surface area (Å²) in [5, 5.41) is 11.4. The van der Waals surface area contributed by atoms with Gasteiger partial charge >= 0.3 is 6.18 Å². The highest BCUT2D eigenvalue weighted by atomic mass is 19.4. The number of halogens is 3. The molecule has 1 amide bonds. The smallest absolute Gasteiger partial charge is 0.366 e. The normalized spacial score (nSPS) is 16.1. The molecule has 0 spiro atoms. The zero-order valence-electron chi connectivity index (χ0n) is 17.3. The topological polar surface area (TPSA) is 66.7 Å². The molecule has 1 saturated heterocycles. The van der Waals surface area contributed by atoms with E-state index in [-0.39, 0.29) is 23.6 Å². The maximum Gasteiger partial charge on any atom is 0.416 e. The first-order valence-electron chi connectivity index (χ1n) is 10.0. The number of anilines is 1. The van der Waals surface area contributed by atoms with Crippen molar-refractivity contribution >= 4 is 17.3 Å².